The first-order chi connectivity index (χ1) is 17.6. The van der Waals surface area contributed by atoms with Gasteiger partial charge in [0.15, 0.2) is 0 Å². The van der Waals surface area contributed by atoms with E-state index in [1.54, 1.807) is 6.33 Å². The maximum atomic E-state index is 12.4. The number of anilines is 1. The van der Waals surface area contributed by atoms with Crippen molar-refractivity contribution in [2.75, 3.05) is 39.1 Å². The molecule has 0 unspecified atom stereocenters. The van der Waals surface area contributed by atoms with Crippen LogP contribution in [0.3, 0.4) is 0 Å². The summed E-state index contributed by atoms with van der Waals surface area (Å²) in [5.74, 6) is 1.88. The Morgan fingerprint density at radius 1 is 0.889 bits per heavy atom. The second-order valence-electron chi connectivity index (χ2n) is 9.28. The summed E-state index contributed by atoms with van der Waals surface area (Å²) in [6.07, 6.45) is 4.36. The van der Waals surface area contributed by atoms with Crippen molar-refractivity contribution in [2.45, 2.75) is 25.7 Å². The Kier molecular flexibility index (Phi) is 9.00. The normalized spacial score (nSPS) is 11.1. The SMILES string of the molecule is CN(C)CCCOc1ccc2c(NCCc3ccc(CC(=O)Cc4ccccc4)cc3)ncnc2c1. The lowest BCUT2D eigenvalue weighted by atomic mass is 10.0. The van der Waals surface area contributed by atoms with Crippen LogP contribution in [0.25, 0.3) is 10.9 Å². The van der Waals surface area contributed by atoms with Crippen LogP contribution < -0.4 is 10.1 Å². The molecule has 0 atom stereocenters. The molecule has 0 radical (unpaired) electrons. The van der Waals surface area contributed by atoms with Crippen LogP contribution in [0, 0.1) is 0 Å². The van der Waals surface area contributed by atoms with Crippen LogP contribution in [0.15, 0.2) is 79.1 Å². The number of carbonyl (C=O) groups excluding carboxylic acids is 1. The molecule has 186 valence electrons. The molecule has 0 aliphatic rings. The van der Waals surface area contributed by atoms with Crippen molar-refractivity contribution in [1.29, 1.82) is 0 Å². The van der Waals surface area contributed by atoms with Gasteiger partial charge in [0.25, 0.3) is 0 Å². The molecule has 6 heteroatoms. The molecule has 6 nitrogen and oxygen atoms in total. The van der Waals surface area contributed by atoms with Crippen LogP contribution in [0.2, 0.25) is 0 Å². The zero-order valence-corrected chi connectivity index (χ0v) is 21.1. The maximum Gasteiger partial charge on any atom is 0.141 e. The quantitative estimate of drug-likeness (QED) is 0.272. The van der Waals surface area contributed by atoms with Gasteiger partial charge in [0.1, 0.15) is 23.7 Å². The summed E-state index contributed by atoms with van der Waals surface area (Å²) >= 11 is 0. The lowest BCUT2D eigenvalue weighted by molar-refractivity contribution is -0.117. The minimum Gasteiger partial charge on any atom is -0.493 e. The maximum absolute atomic E-state index is 12.4. The Bertz CT molecular complexity index is 1260. The standard InChI is InChI=1S/C30H34N4O2/c1-34(2)17-6-18-36-27-13-14-28-29(21-27)32-22-33-30(28)31-16-15-23-9-11-25(12-10-23)20-26(35)19-24-7-4-3-5-8-24/h3-5,7-14,21-22H,6,15-20H2,1-2H3,(H,31,32,33). The molecular formula is C30H34N4O2. The number of nitrogens with zero attached hydrogens (tertiary/aromatic N) is 3. The average Bonchev–Trinajstić information content (AvgIpc) is 2.88. The third kappa shape index (κ3) is 7.62. The van der Waals surface area contributed by atoms with Crippen LogP contribution in [-0.2, 0) is 24.1 Å². The van der Waals surface area contributed by atoms with E-state index in [2.05, 4.69) is 58.5 Å². The summed E-state index contributed by atoms with van der Waals surface area (Å²) in [6, 6.07) is 24.2. The Morgan fingerprint density at radius 3 is 2.36 bits per heavy atom. The highest BCUT2D eigenvalue weighted by atomic mass is 16.5. The molecule has 0 saturated carbocycles. The molecule has 1 heterocycles. The number of fused-ring (bicyclic) bond motifs is 1. The molecule has 0 spiro atoms. The second kappa shape index (κ2) is 12.8. The van der Waals surface area contributed by atoms with Gasteiger partial charge in [0.05, 0.1) is 12.1 Å². The van der Waals surface area contributed by atoms with E-state index in [0.29, 0.717) is 19.4 Å². The summed E-state index contributed by atoms with van der Waals surface area (Å²) in [4.78, 5) is 23.4. The van der Waals surface area contributed by atoms with E-state index in [9.17, 15) is 4.79 Å². The van der Waals surface area contributed by atoms with Gasteiger partial charge in [-0.15, -0.1) is 0 Å². The number of benzene rings is 3. The summed E-state index contributed by atoms with van der Waals surface area (Å²) in [6.45, 7) is 2.43. The van der Waals surface area contributed by atoms with Gasteiger partial charge >= 0.3 is 0 Å². The number of Topliss-reactive ketones (excluding diaryl/α,β-unsaturated/α-hetero) is 1. The van der Waals surface area contributed by atoms with Crippen molar-refractivity contribution in [3.05, 3.63) is 95.8 Å². The summed E-state index contributed by atoms with van der Waals surface area (Å²) in [5, 5.41) is 4.42. The topological polar surface area (TPSA) is 67.3 Å². The molecule has 0 amide bonds. The highest BCUT2D eigenvalue weighted by Gasteiger charge is 2.07. The van der Waals surface area contributed by atoms with Crippen LogP contribution >= 0.6 is 0 Å². The van der Waals surface area contributed by atoms with Crippen molar-refractivity contribution in [2.24, 2.45) is 0 Å². The number of aromatic nitrogens is 2. The summed E-state index contributed by atoms with van der Waals surface area (Å²) in [5.41, 5.74) is 4.19. The first-order valence-electron chi connectivity index (χ1n) is 12.5. The molecular weight excluding hydrogens is 448 g/mol. The van der Waals surface area contributed by atoms with E-state index in [-0.39, 0.29) is 5.78 Å². The van der Waals surface area contributed by atoms with Crippen molar-refractivity contribution in [1.82, 2.24) is 14.9 Å². The van der Waals surface area contributed by atoms with Gasteiger partial charge < -0.3 is 15.0 Å². The first kappa shape index (κ1) is 25.3. The van der Waals surface area contributed by atoms with E-state index >= 15 is 0 Å². The Labute approximate surface area is 213 Å². The number of rotatable bonds is 13. The summed E-state index contributed by atoms with van der Waals surface area (Å²) in [7, 11) is 4.12. The van der Waals surface area contributed by atoms with Gasteiger partial charge in [-0.2, -0.15) is 0 Å². The molecule has 1 N–H and O–H groups in total. The lowest BCUT2D eigenvalue weighted by Crippen LogP contribution is -2.15. The third-order valence-corrected chi connectivity index (χ3v) is 6.00. The van der Waals surface area contributed by atoms with Gasteiger partial charge in [0.2, 0.25) is 0 Å². The zero-order chi connectivity index (χ0) is 25.2. The van der Waals surface area contributed by atoms with Gasteiger partial charge in [-0.3, -0.25) is 4.79 Å². The molecule has 0 aliphatic carbocycles. The molecule has 0 aliphatic heterocycles. The highest BCUT2D eigenvalue weighted by molar-refractivity contribution is 5.89. The minimum atomic E-state index is 0.230. The monoisotopic (exact) mass is 482 g/mol. The molecule has 0 fully saturated rings. The molecule has 0 saturated heterocycles. The Hall–Kier alpha value is -3.77. The summed E-state index contributed by atoms with van der Waals surface area (Å²) < 4.78 is 5.88. The van der Waals surface area contributed by atoms with Gasteiger partial charge in [0, 0.05) is 37.4 Å². The zero-order valence-electron chi connectivity index (χ0n) is 21.1. The molecule has 1 aromatic heterocycles. The van der Waals surface area contributed by atoms with Gasteiger partial charge in [-0.1, -0.05) is 54.6 Å². The van der Waals surface area contributed by atoms with E-state index in [1.807, 2.05) is 48.5 Å². The van der Waals surface area contributed by atoms with Crippen molar-refractivity contribution in [3.8, 4) is 5.75 Å². The number of ether oxygens (including phenoxy) is 1. The van der Waals surface area contributed by atoms with E-state index in [4.69, 9.17) is 4.74 Å². The number of carbonyl (C=O) groups is 1. The fourth-order valence-electron chi connectivity index (χ4n) is 4.10. The van der Waals surface area contributed by atoms with Crippen LogP contribution in [0.5, 0.6) is 5.75 Å². The number of hydrogen-bond donors (Lipinski definition) is 1. The number of ketones is 1. The first-order valence-corrected chi connectivity index (χ1v) is 12.5. The van der Waals surface area contributed by atoms with Gasteiger partial charge in [-0.05, 0) is 55.8 Å². The van der Waals surface area contributed by atoms with Crippen molar-refractivity contribution >= 4 is 22.5 Å². The predicted octanol–water partition coefficient (Wildman–Crippen LogP) is 4.97. The number of hydrogen-bond acceptors (Lipinski definition) is 6. The van der Waals surface area contributed by atoms with E-state index in [1.165, 1.54) is 5.56 Å². The smallest absolute Gasteiger partial charge is 0.141 e. The van der Waals surface area contributed by atoms with Crippen LogP contribution in [0.1, 0.15) is 23.1 Å². The molecule has 4 rings (SSSR count). The third-order valence-electron chi connectivity index (χ3n) is 6.00. The molecule has 36 heavy (non-hydrogen) atoms. The van der Waals surface area contributed by atoms with E-state index < -0.39 is 0 Å². The van der Waals surface area contributed by atoms with Crippen molar-refractivity contribution < 1.29 is 9.53 Å². The molecule has 3 aromatic carbocycles. The van der Waals surface area contributed by atoms with Crippen LogP contribution in [0.4, 0.5) is 5.82 Å². The molecule has 0 bridgehead atoms. The minimum absolute atomic E-state index is 0.230. The van der Waals surface area contributed by atoms with Crippen LogP contribution in [-0.4, -0.2) is 54.4 Å². The number of nitrogens with one attached hydrogen (secondary N) is 1. The van der Waals surface area contributed by atoms with Crippen molar-refractivity contribution in [3.63, 3.8) is 0 Å². The lowest BCUT2D eigenvalue weighted by Gasteiger charge is -2.12. The predicted molar refractivity (Wildman–Crippen MR) is 146 cm³/mol. The second-order valence-corrected chi connectivity index (χ2v) is 9.28. The fraction of sp³-hybridized carbons (Fsp3) is 0.300. The van der Waals surface area contributed by atoms with E-state index in [0.717, 1.165) is 59.5 Å². The molecule has 4 aromatic rings. The largest absolute Gasteiger partial charge is 0.493 e. The van der Waals surface area contributed by atoms with Gasteiger partial charge in [-0.25, -0.2) is 9.97 Å². The average molecular weight is 483 g/mol. The fourth-order valence-corrected chi connectivity index (χ4v) is 4.10. The Morgan fingerprint density at radius 2 is 1.61 bits per heavy atom. The highest BCUT2D eigenvalue weighted by Crippen LogP contribution is 2.24. The Balaban J connectivity index is 1.26.